The minimum absolute atomic E-state index is 0.172. The van der Waals surface area contributed by atoms with Crippen LogP contribution < -0.4 is 5.32 Å². The quantitative estimate of drug-likeness (QED) is 0.838. The van der Waals surface area contributed by atoms with Crippen LogP contribution in [0.15, 0.2) is 0 Å². The Balaban J connectivity index is 1.98. The van der Waals surface area contributed by atoms with Crippen LogP contribution in [0.1, 0.15) is 53.4 Å². The summed E-state index contributed by atoms with van der Waals surface area (Å²) in [5.74, 6) is 0. The van der Waals surface area contributed by atoms with Crippen LogP contribution in [0.2, 0.25) is 0 Å². The van der Waals surface area contributed by atoms with Crippen LogP contribution in [-0.2, 0) is 9.47 Å². The summed E-state index contributed by atoms with van der Waals surface area (Å²) in [6.07, 6.45) is 5.56. The van der Waals surface area contributed by atoms with Gasteiger partial charge in [0.25, 0.3) is 0 Å². The maximum absolute atomic E-state index is 5.85. The molecule has 0 radical (unpaired) electrons. The van der Waals surface area contributed by atoms with E-state index in [1.165, 1.54) is 12.8 Å². The van der Waals surface area contributed by atoms with Crippen molar-refractivity contribution in [2.24, 2.45) is 5.41 Å². The van der Waals surface area contributed by atoms with Crippen LogP contribution in [0, 0.1) is 5.41 Å². The smallest absolute Gasteiger partial charge is 0.0617 e. The van der Waals surface area contributed by atoms with Crippen molar-refractivity contribution in [2.45, 2.75) is 71.1 Å². The molecule has 2 aliphatic heterocycles. The maximum atomic E-state index is 5.85. The fourth-order valence-electron chi connectivity index (χ4n) is 3.09. The largest absolute Gasteiger partial charge is 0.378 e. The molecule has 2 fully saturated rings. The Morgan fingerprint density at radius 3 is 2.50 bits per heavy atom. The predicted molar refractivity (Wildman–Crippen MR) is 73.8 cm³/mol. The maximum Gasteiger partial charge on any atom is 0.0617 e. The molecule has 3 nitrogen and oxygen atoms in total. The molecule has 0 aromatic rings. The second-order valence-corrected chi connectivity index (χ2v) is 7.07. The van der Waals surface area contributed by atoms with Crippen LogP contribution in [0.5, 0.6) is 0 Å². The highest BCUT2D eigenvalue weighted by molar-refractivity contribution is 4.95. The van der Waals surface area contributed by atoms with Crippen molar-refractivity contribution in [3.8, 4) is 0 Å². The summed E-state index contributed by atoms with van der Waals surface area (Å²) < 4.78 is 11.7. The normalized spacial score (nSPS) is 37.3. The number of ether oxygens (including phenoxy) is 2. The zero-order chi connectivity index (χ0) is 13.2. The highest BCUT2D eigenvalue weighted by Crippen LogP contribution is 2.41. The Labute approximate surface area is 112 Å². The number of hydrogen-bond donors (Lipinski definition) is 1. The Hall–Kier alpha value is -0.120. The highest BCUT2D eigenvalue weighted by Gasteiger charge is 2.44. The van der Waals surface area contributed by atoms with Gasteiger partial charge in [-0.05, 0) is 53.4 Å². The van der Waals surface area contributed by atoms with Crippen molar-refractivity contribution in [3.63, 3.8) is 0 Å². The fraction of sp³-hybridized carbons (Fsp3) is 1.00. The average Bonchev–Trinajstić information content (AvgIpc) is 2.87. The first-order valence-electron chi connectivity index (χ1n) is 7.40. The summed E-state index contributed by atoms with van der Waals surface area (Å²) in [5, 5.41) is 3.67. The molecule has 0 aliphatic carbocycles. The van der Waals surface area contributed by atoms with Crippen molar-refractivity contribution < 1.29 is 9.47 Å². The van der Waals surface area contributed by atoms with E-state index in [-0.39, 0.29) is 11.0 Å². The monoisotopic (exact) mass is 255 g/mol. The molecule has 0 bridgehead atoms. The Morgan fingerprint density at radius 2 is 2.00 bits per heavy atom. The molecule has 106 valence electrons. The molecular formula is C15H29NO2. The summed E-state index contributed by atoms with van der Waals surface area (Å²) in [5.41, 5.74) is 0.439. The second kappa shape index (κ2) is 5.48. The van der Waals surface area contributed by atoms with Gasteiger partial charge in [0.2, 0.25) is 0 Å². The van der Waals surface area contributed by atoms with E-state index in [1.807, 2.05) is 0 Å². The average molecular weight is 255 g/mol. The number of nitrogens with one attached hydrogen (secondary N) is 1. The molecule has 3 heteroatoms. The van der Waals surface area contributed by atoms with Crippen molar-refractivity contribution in [2.75, 3.05) is 19.8 Å². The van der Waals surface area contributed by atoms with Crippen LogP contribution in [0.4, 0.5) is 0 Å². The molecule has 2 saturated heterocycles. The van der Waals surface area contributed by atoms with Gasteiger partial charge in [-0.25, -0.2) is 0 Å². The molecule has 0 aromatic carbocycles. The van der Waals surface area contributed by atoms with Gasteiger partial charge in [0.1, 0.15) is 0 Å². The molecule has 0 amide bonds. The minimum Gasteiger partial charge on any atom is -0.378 e. The van der Waals surface area contributed by atoms with Crippen LogP contribution in [-0.4, -0.2) is 37.5 Å². The van der Waals surface area contributed by atoms with E-state index in [4.69, 9.17) is 9.47 Å². The van der Waals surface area contributed by atoms with Gasteiger partial charge in [0.15, 0.2) is 0 Å². The van der Waals surface area contributed by atoms with Crippen LogP contribution in [0.3, 0.4) is 0 Å². The molecular weight excluding hydrogens is 226 g/mol. The standard InChI is InChI=1S/C15H29NO2/c1-12-15(7-9-17-12,11-16-14(2,3)4)10-13-6-5-8-18-13/h12-13,16H,5-11H2,1-4H3. The van der Waals surface area contributed by atoms with Crippen molar-refractivity contribution in [1.82, 2.24) is 5.32 Å². The van der Waals surface area contributed by atoms with E-state index < -0.39 is 0 Å². The first-order chi connectivity index (χ1) is 8.41. The van der Waals surface area contributed by atoms with E-state index >= 15 is 0 Å². The lowest BCUT2D eigenvalue weighted by atomic mass is 9.76. The van der Waals surface area contributed by atoms with Gasteiger partial charge in [-0.1, -0.05) is 0 Å². The van der Waals surface area contributed by atoms with E-state index in [1.54, 1.807) is 0 Å². The summed E-state index contributed by atoms with van der Waals surface area (Å²) in [6.45, 7) is 11.8. The molecule has 0 aromatic heterocycles. The number of hydrogen-bond acceptors (Lipinski definition) is 3. The third-order valence-corrected chi connectivity index (χ3v) is 4.46. The van der Waals surface area contributed by atoms with Gasteiger partial charge in [-0.3, -0.25) is 0 Å². The third-order valence-electron chi connectivity index (χ3n) is 4.46. The van der Waals surface area contributed by atoms with E-state index in [0.29, 0.717) is 12.2 Å². The van der Waals surface area contributed by atoms with Gasteiger partial charge in [-0.2, -0.15) is 0 Å². The Morgan fingerprint density at radius 1 is 1.22 bits per heavy atom. The van der Waals surface area contributed by atoms with E-state index in [0.717, 1.165) is 32.6 Å². The summed E-state index contributed by atoms with van der Waals surface area (Å²) >= 11 is 0. The molecule has 3 atom stereocenters. The lowest BCUT2D eigenvalue weighted by Gasteiger charge is -2.37. The van der Waals surface area contributed by atoms with Gasteiger partial charge < -0.3 is 14.8 Å². The van der Waals surface area contributed by atoms with Gasteiger partial charge in [-0.15, -0.1) is 0 Å². The zero-order valence-corrected chi connectivity index (χ0v) is 12.4. The molecule has 0 spiro atoms. The lowest BCUT2D eigenvalue weighted by molar-refractivity contribution is 0.0123. The third kappa shape index (κ3) is 3.46. The molecule has 3 unspecified atom stereocenters. The Bertz CT molecular complexity index is 268. The molecule has 2 aliphatic rings. The topological polar surface area (TPSA) is 30.5 Å². The first-order valence-corrected chi connectivity index (χ1v) is 7.40. The Kier molecular flexibility index (Phi) is 4.35. The fourth-order valence-corrected chi connectivity index (χ4v) is 3.09. The summed E-state index contributed by atoms with van der Waals surface area (Å²) in [7, 11) is 0. The lowest BCUT2D eigenvalue weighted by Crippen LogP contribution is -2.48. The summed E-state index contributed by atoms with van der Waals surface area (Å²) in [6, 6.07) is 0. The SMILES string of the molecule is CC1OCCC1(CNC(C)(C)C)CC1CCCO1. The first kappa shape index (κ1) is 14.3. The van der Waals surface area contributed by atoms with Crippen LogP contribution in [0.25, 0.3) is 0 Å². The van der Waals surface area contributed by atoms with Gasteiger partial charge in [0, 0.05) is 30.7 Å². The van der Waals surface area contributed by atoms with E-state index in [2.05, 4.69) is 33.0 Å². The molecule has 2 heterocycles. The molecule has 2 rings (SSSR count). The van der Waals surface area contributed by atoms with E-state index in [9.17, 15) is 0 Å². The van der Waals surface area contributed by atoms with Crippen LogP contribution >= 0.6 is 0 Å². The highest BCUT2D eigenvalue weighted by atomic mass is 16.5. The molecule has 1 N–H and O–H groups in total. The molecule has 18 heavy (non-hydrogen) atoms. The van der Waals surface area contributed by atoms with Crippen molar-refractivity contribution >= 4 is 0 Å². The van der Waals surface area contributed by atoms with Gasteiger partial charge >= 0.3 is 0 Å². The second-order valence-electron chi connectivity index (χ2n) is 7.07. The summed E-state index contributed by atoms with van der Waals surface area (Å²) in [4.78, 5) is 0. The zero-order valence-electron chi connectivity index (χ0n) is 12.4. The van der Waals surface area contributed by atoms with Crippen molar-refractivity contribution in [1.29, 1.82) is 0 Å². The minimum atomic E-state index is 0.172. The van der Waals surface area contributed by atoms with Crippen molar-refractivity contribution in [3.05, 3.63) is 0 Å². The van der Waals surface area contributed by atoms with Gasteiger partial charge in [0.05, 0.1) is 12.2 Å². The number of rotatable bonds is 4. The predicted octanol–water partition coefficient (Wildman–Crippen LogP) is 2.74. The molecule has 0 saturated carbocycles.